The second kappa shape index (κ2) is 10.7. The van der Waals surface area contributed by atoms with Crippen molar-refractivity contribution in [1.29, 1.82) is 0 Å². The molecule has 1 fully saturated rings. The van der Waals surface area contributed by atoms with Crippen molar-refractivity contribution >= 4 is 23.4 Å². The Morgan fingerprint density at radius 2 is 1.62 bits per heavy atom. The van der Waals surface area contributed by atoms with Crippen molar-refractivity contribution in [1.82, 2.24) is 10.2 Å². The van der Waals surface area contributed by atoms with Crippen LogP contribution >= 0.6 is 0 Å². The number of hydrogen-bond acceptors (Lipinski definition) is 3. The van der Waals surface area contributed by atoms with E-state index in [2.05, 4.69) is 10.6 Å². The third kappa shape index (κ3) is 6.36. The fourth-order valence-electron chi connectivity index (χ4n) is 3.75. The van der Waals surface area contributed by atoms with Gasteiger partial charge in [-0.1, -0.05) is 26.0 Å². The summed E-state index contributed by atoms with van der Waals surface area (Å²) < 4.78 is 38.2. The van der Waals surface area contributed by atoms with Gasteiger partial charge in [-0.2, -0.15) is 13.2 Å². The maximum Gasteiger partial charge on any atom is 0.416 e. The lowest BCUT2D eigenvalue weighted by molar-refractivity contribution is -0.137. The maximum absolute atomic E-state index is 12.8. The first-order valence-corrected chi connectivity index (χ1v) is 11.2. The van der Waals surface area contributed by atoms with Crippen molar-refractivity contribution in [2.75, 3.05) is 25.0 Å². The topological polar surface area (TPSA) is 78.5 Å². The van der Waals surface area contributed by atoms with Crippen LogP contribution in [0.5, 0.6) is 0 Å². The van der Waals surface area contributed by atoms with E-state index in [9.17, 15) is 27.6 Å². The largest absolute Gasteiger partial charge is 0.416 e. The number of alkyl halides is 3. The lowest BCUT2D eigenvalue weighted by Gasteiger charge is -2.31. The molecule has 0 unspecified atom stereocenters. The zero-order valence-corrected chi connectivity index (χ0v) is 19.1. The number of para-hydroxylation sites is 1. The van der Waals surface area contributed by atoms with Gasteiger partial charge in [-0.05, 0) is 55.2 Å². The molecule has 1 saturated heterocycles. The van der Waals surface area contributed by atoms with Crippen molar-refractivity contribution in [3.8, 4) is 0 Å². The second-order valence-electron chi connectivity index (χ2n) is 8.78. The minimum atomic E-state index is -4.46. The Morgan fingerprint density at radius 1 is 1.00 bits per heavy atom. The number of amides is 3. The summed E-state index contributed by atoms with van der Waals surface area (Å²) in [5, 5.41) is 5.68. The SMILES string of the molecule is CC(C)CNC(=O)c1ccccc1NC(=O)C1CCN(C(=O)c2ccc(C(F)(F)F)cc2)CC1. The first kappa shape index (κ1) is 25.3. The molecule has 0 atom stereocenters. The first-order chi connectivity index (χ1) is 16.1. The normalized spacial score (nSPS) is 14.7. The first-order valence-electron chi connectivity index (χ1n) is 11.2. The Balaban J connectivity index is 1.57. The fraction of sp³-hybridized carbons (Fsp3) is 0.400. The molecular weight excluding hydrogens is 447 g/mol. The van der Waals surface area contributed by atoms with Gasteiger partial charge in [0.2, 0.25) is 5.91 Å². The van der Waals surface area contributed by atoms with E-state index < -0.39 is 11.7 Å². The quantitative estimate of drug-likeness (QED) is 0.642. The highest BCUT2D eigenvalue weighted by Crippen LogP contribution is 2.29. The molecular formula is C25H28F3N3O3. The Morgan fingerprint density at radius 3 is 2.21 bits per heavy atom. The third-order valence-electron chi connectivity index (χ3n) is 5.71. The molecule has 0 aliphatic carbocycles. The molecule has 0 aromatic heterocycles. The Labute approximate surface area is 196 Å². The number of rotatable bonds is 6. The molecule has 0 spiro atoms. The summed E-state index contributed by atoms with van der Waals surface area (Å²) in [5.74, 6) is -0.906. The van der Waals surface area contributed by atoms with Crippen LogP contribution in [0.2, 0.25) is 0 Å². The van der Waals surface area contributed by atoms with Crippen LogP contribution in [-0.2, 0) is 11.0 Å². The van der Waals surface area contributed by atoms with Crippen LogP contribution in [0.15, 0.2) is 48.5 Å². The van der Waals surface area contributed by atoms with Gasteiger partial charge in [-0.15, -0.1) is 0 Å². The van der Waals surface area contributed by atoms with E-state index in [0.29, 0.717) is 49.6 Å². The van der Waals surface area contributed by atoms with Gasteiger partial charge in [0.25, 0.3) is 11.8 Å². The van der Waals surface area contributed by atoms with Crippen molar-refractivity contribution in [3.63, 3.8) is 0 Å². The van der Waals surface area contributed by atoms with Gasteiger partial charge < -0.3 is 15.5 Å². The average Bonchev–Trinajstić information content (AvgIpc) is 2.82. The number of carbonyl (C=O) groups excluding carboxylic acids is 3. The number of benzene rings is 2. The molecule has 1 heterocycles. The standard InChI is InChI=1S/C25H28F3N3O3/c1-16(2)15-29-23(33)20-5-3-4-6-21(20)30-22(32)17-11-13-31(14-12-17)24(34)18-7-9-19(10-8-18)25(26,27)28/h3-10,16-17H,11-15H2,1-2H3,(H,29,33)(H,30,32). The maximum atomic E-state index is 12.8. The predicted molar refractivity (Wildman–Crippen MR) is 122 cm³/mol. The summed E-state index contributed by atoms with van der Waals surface area (Å²) in [5.41, 5.74) is 0.179. The molecule has 6 nitrogen and oxygen atoms in total. The summed E-state index contributed by atoms with van der Waals surface area (Å²) in [6.45, 7) is 5.13. The second-order valence-corrected chi connectivity index (χ2v) is 8.78. The monoisotopic (exact) mass is 475 g/mol. The molecule has 3 rings (SSSR count). The van der Waals surface area contributed by atoms with Crippen molar-refractivity contribution in [2.45, 2.75) is 32.9 Å². The third-order valence-corrected chi connectivity index (χ3v) is 5.71. The number of nitrogens with zero attached hydrogens (tertiary/aromatic N) is 1. The van der Waals surface area contributed by atoms with E-state index in [1.54, 1.807) is 29.2 Å². The molecule has 0 radical (unpaired) electrons. The number of halogens is 3. The smallest absolute Gasteiger partial charge is 0.352 e. The molecule has 2 N–H and O–H groups in total. The van der Waals surface area contributed by atoms with Crippen molar-refractivity contribution in [3.05, 3.63) is 65.2 Å². The van der Waals surface area contributed by atoms with Crippen LogP contribution in [0.1, 0.15) is 53.0 Å². The highest BCUT2D eigenvalue weighted by molar-refractivity contribution is 6.04. The van der Waals surface area contributed by atoms with Gasteiger partial charge in [-0.25, -0.2) is 0 Å². The van der Waals surface area contributed by atoms with Crippen molar-refractivity contribution < 1.29 is 27.6 Å². The van der Waals surface area contributed by atoms with E-state index in [0.717, 1.165) is 12.1 Å². The van der Waals surface area contributed by atoms with Gasteiger partial charge in [0, 0.05) is 31.1 Å². The summed E-state index contributed by atoms with van der Waals surface area (Å²) in [6, 6.07) is 10.9. The van der Waals surface area contributed by atoms with Crippen molar-refractivity contribution in [2.24, 2.45) is 11.8 Å². The number of piperidine rings is 1. The average molecular weight is 476 g/mol. The van der Waals surface area contributed by atoms with Crippen LogP contribution < -0.4 is 10.6 Å². The van der Waals surface area contributed by atoms with Gasteiger partial charge in [-0.3, -0.25) is 14.4 Å². The van der Waals surface area contributed by atoms with E-state index >= 15 is 0 Å². The molecule has 0 saturated carbocycles. The summed E-state index contributed by atoms with van der Waals surface area (Å²) >= 11 is 0. The predicted octanol–water partition coefficient (Wildman–Crippen LogP) is 4.58. The van der Waals surface area contributed by atoms with E-state index in [1.165, 1.54) is 12.1 Å². The van der Waals surface area contributed by atoms with Gasteiger partial charge in [0.1, 0.15) is 0 Å². The number of nitrogens with one attached hydrogen (secondary N) is 2. The highest BCUT2D eigenvalue weighted by Gasteiger charge is 2.31. The minimum absolute atomic E-state index is 0.178. The van der Waals surface area contributed by atoms with Crippen LogP contribution in [0, 0.1) is 11.8 Å². The molecule has 1 aliphatic rings. The molecule has 3 amide bonds. The Bertz CT molecular complexity index is 1030. The number of hydrogen-bond donors (Lipinski definition) is 2. The molecule has 2 aromatic rings. The van der Waals surface area contributed by atoms with Gasteiger partial charge in [0.05, 0.1) is 16.8 Å². The van der Waals surface area contributed by atoms with Crippen LogP contribution in [-0.4, -0.2) is 42.3 Å². The minimum Gasteiger partial charge on any atom is -0.352 e. The van der Waals surface area contributed by atoms with E-state index in [4.69, 9.17) is 0 Å². The number of carbonyl (C=O) groups is 3. The van der Waals surface area contributed by atoms with Crippen LogP contribution in [0.3, 0.4) is 0 Å². The van der Waals surface area contributed by atoms with Gasteiger partial charge in [0.15, 0.2) is 0 Å². The van der Waals surface area contributed by atoms with Crippen LogP contribution in [0.25, 0.3) is 0 Å². The number of anilines is 1. The molecule has 1 aliphatic heterocycles. The van der Waals surface area contributed by atoms with E-state index in [1.807, 2.05) is 13.8 Å². The molecule has 9 heteroatoms. The Hall–Kier alpha value is -3.36. The molecule has 34 heavy (non-hydrogen) atoms. The summed E-state index contributed by atoms with van der Waals surface area (Å²) in [6.07, 6.45) is -3.62. The summed E-state index contributed by atoms with van der Waals surface area (Å²) in [7, 11) is 0. The lowest BCUT2D eigenvalue weighted by atomic mass is 9.95. The zero-order valence-electron chi connectivity index (χ0n) is 19.1. The zero-order chi connectivity index (χ0) is 24.9. The highest BCUT2D eigenvalue weighted by atomic mass is 19.4. The molecule has 0 bridgehead atoms. The fourth-order valence-corrected chi connectivity index (χ4v) is 3.75. The number of likely N-dealkylation sites (tertiary alicyclic amines) is 1. The molecule has 2 aromatic carbocycles. The Kier molecular flexibility index (Phi) is 7.96. The lowest BCUT2D eigenvalue weighted by Crippen LogP contribution is -2.41. The summed E-state index contributed by atoms with van der Waals surface area (Å²) in [4.78, 5) is 39.5. The van der Waals surface area contributed by atoms with Crippen LogP contribution in [0.4, 0.5) is 18.9 Å². The van der Waals surface area contributed by atoms with E-state index in [-0.39, 0.29) is 29.2 Å². The molecule has 182 valence electrons. The van der Waals surface area contributed by atoms with Gasteiger partial charge >= 0.3 is 6.18 Å².